The second-order valence-electron chi connectivity index (χ2n) is 6.26. The van der Waals surface area contributed by atoms with E-state index in [4.69, 9.17) is 4.74 Å². The summed E-state index contributed by atoms with van der Waals surface area (Å²) in [5, 5.41) is 3.00. The van der Waals surface area contributed by atoms with Gasteiger partial charge in [-0.15, -0.1) is 0 Å². The van der Waals surface area contributed by atoms with E-state index in [9.17, 15) is 4.79 Å². The zero-order valence-corrected chi connectivity index (χ0v) is 14.1. The van der Waals surface area contributed by atoms with Crippen molar-refractivity contribution in [3.05, 3.63) is 59.7 Å². The first-order valence-corrected chi connectivity index (χ1v) is 8.47. The van der Waals surface area contributed by atoms with Gasteiger partial charge in [-0.3, -0.25) is 9.69 Å². The number of ether oxygens (including phenoxy) is 1. The van der Waals surface area contributed by atoms with Gasteiger partial charge in [0.05, 0.1) is 13.5 Å². The molecule has 0 atom stereocenters. The fourth-order valence-electron chi connectivity index (χ4n) is 3.08. The quantitative estimate of drug-likeness (QED) is 0.884. The highest BCUT2D eigenvalue weighted by molar-refractivity contribution is 5.92. The third-order valence-corrected chi connectivity index (χ3v) is 4.34. The molecule has 1 N–H and O–H groups in total. The van der Waals surface area contributed by atoms with Crippen molar-refractivity contribution in [1.82, 2.24) is 4.90 Å². The Labute approximate surface area is 143 Å². The minimum Gasteiger partial charge on any atom is -0.497 e. The molecule has 1 heterocycles. The number of carbonyl (C=O) groups excluding carboxylic acids is 1. The Hall–Kier alpha value is -2.33. The van der Waals surface area contributed by atoms with Crippen LogP contribution < -0.4 is 10.1 Å². The molecule has 0 aliphatic carbocycles. The third-order valence-electron chi connectivity index (χ3n) is 4.34. The van der Waals surface area contributed by atoms with Crippen molar-refractivity contribution in [1.29, 1.82) is 0 Å². The Kier molecular flexibility index (Phi) is 5.49. The maximum absolute atomic E-state index is 12.2. The van der Waals surface area contributed by atoms with Crippen molar-refractivity contribution in [2.75, 3.05) is 25.5 Å². The lowest BCUT2D eigenvalue weighted by Gasteiger charge is -2.15. The summed E-state index contributed by atoms with van der Waals surface area (Å²) in [7, 11) is 1.64. The molecule has 1 fully saturated rings. The highest BCUT2D eigenvalue weighted by Crippen LogP contribution is 2.17. The van der Waals surface area contributed by atoms with Crippen molar-refractivity contribution in [3.8, 4) is 5.75 Å². The van der Waals surface area contributed by atoms with Gasteiger partial charge in [0.1, 0.15) is 5.75 Å². The predicted octanol–water partition coefficient (Wildman–Crippen LogP) is 3.47. The number of anilines is 1. The number of rotatable bonds is 6. The van der Waals surface area contributed by atoms with E-state index < -0.39 is 0 Å². The minimum atomic E-state index is -0.00140. The number of nitrogens with one attached hydrogen (secondary N) is 1. The molecule has 0 aromatic heterocycles. The van der Waals surface area contributed by atoms with Gasteiger partial charge in [0, 0.05) is 12.2 Å². The molecule has 1 saturated heterocycles. The molecule has 2 aromatic rings. The lowest BCUT2D eigenvalue weighted by molar-refractivity contribution is -0.115. The number of methoxy groups -OCH3 is 1. The molecule has 0 radical (unpaired) electrons. The number of carbonyl (C=O) groups is 1. The molecule has 0 saturated carbocycles. The first kappa shape index (κ1) is 16.5. The Balaban J connectivity index is 1.57. The number of benzene rings is 2. The molecule has 2 aromatic carbocycles. The van der Waals surface area contributed by atoms with Gasteiger partial charge in [-0.1, -0.05) is 24.3 Å². The first-order valence-electron chi connectivity index (χ1n) is 8.47. The van der Waals surface area contributed by atoms with Crippen LogP contribution in [0.25, 0.3) is 0 Å². The van der Waals surface area contributed by atoms with Crippen molar-refractivity contribution in [3.63, 3.8) is 0 Å². The average molecular weight is 324 g/mol. The number of hydrogen-bond donors (Lipinski definition) is 1. The second kappa shape index (κ2) is 7.97. The van der Waals surface area contributed by atoms with Gasteiger partial charge >= 0.3 is 0 Å². The number of likely N-dealkylation sites (tertiary alicyclic amines) is 1. The van der Waals surface area contributed by atoms with E-state index in [1.165, 1.54) is 31.5 Å². The number of amides is 1. The molecule has 0 spiro atoms. The van der Waals surface area contributed by atoms with Crippen LogP contribution in [0.5, 0.6) is 5.75 Å². The molecule has 3 rings (SSSR count). The first-order chi connectivity index (χ1) is 11.7. The van der Waals surface area contributed by atoms with Crippen LogP contribution in [0.15, 0.2) is 48.5 Å². The van der Waals surface area contributed by atoms with Crippen molar-refractivity contribution >= 4 is 11.6 Å². The predicted molar refractivity (Wildman–Crippen MR) is 96.3 cm³/mol. The number of hydrogen-bond acceptors (Lipinski definition) is 3. The Morgan fingerprint density at radius 1 is 1.08 bits per heavy atom. The third kappa shape index (κ3) is 4.59. The molecule has 126 valence electrons. The summed E-state index contributed by atoms with van der Waals surface area (Å²) in [4.78, 5) is 14.7. The Morgan fingerprint density at radius 3 is 2.54 bits per heavy atom. The van der Waals surface area contributed by atoms with Gasteiger partial charge in [0.15, 0.2) is 0 Å². The highest BCUT2D eigenvalue weighted by atomic mass is 16.5. The lowest BCUT2D eigenvalue weighted by atomic mass is 10.1. The van der Waals surface area contributed by atoms with Gasteiger partial charge in [0.25, 0.3) is 0 Å². The van der Waals surface area contributed by atoms with Crippen LogP contribution in [0.4, 0.5) is 5.69 Å². The van der Waals surface area contributed by atoms with Crippen LogP contribution in [-0.2, 0) is 17.8 Å². The summed E-state index contributed by atoms with van der Waals surface area (Å²) in [5.41, 5.74) is 3.09. The smallest absolute Gasteiger partial charge is 0.228 e. The van der Waals surface area contributed by atoms with Gasteiger partial charge < -0.3 is 10.1 Å². The van der Waals surface area contributed by atoms with Crippen molar-refractivity contribution < 1.29 is 9.53 Å². The van der Waals surface area contributed by atoms with Crippen LogP contribution >= 0.6 is 0 Å². The Bertz CT molecular complexity index is 676. The number of nitrogens with zero attached hydrogens (tertiary/aromatic N) is 1. The minimum absolute atomic E-state index is 0.00140. The van der Waals surface area contributed by atoms with Crippen molar-refractivity contribution in [2.24, 2.45) is 0 Å². The summed E-state index contributed by atoms with van der Waals surface area (Å²) in [6.07, 6.45) is 2.94. The van der Waals surface area contributed by atoms with E-state index in [1.54, 1.807) is 7.11 Å². The highest BCUT2D eigenvalue weighted by Gasteiger charge is 2.12. The van der Waals surface area contributed by atoms with Crippen LogP contribution in [0, 0.1) is 0 Å². The SMILES string of the molecule is COc1ccc(CC(=O)Nc2cccc(CN3CCCC3)c2)cc1. The van der Waals surface area contributed by atoms with Crippen LogP contribution in [-0.4, -0.2) is 31.0 Å². The van der Waals surface area contributed by atoms with E-state index >= 15 is 0 Å². The van der Waals surface area contributed by atoms with Gasteiger partial charge in [-0.05, 0) is 61.3 Å². The van der Waals surface area contributed by atoms with E-state index in [0.717, 1.165) is 23.5 Å². The molecule has 1 aliphatic heterocycles. The molecular weight excluding hydrogens is 300 g/mol. The standard InChI is InChI=1S/C20H24N2O2/c1-24-19-9-7-16(8-10-19)14-20(23)21-18-6-4-5-17(13-18)15-22-11-2-3-12-22/h4-10,13H,2-3,11-12,14-15H2,1H3,(H,21,23). The maximum atomic E-state index is 12.2. The summed E-state index contributed by atoms with van der Waals surface area (Å²) in [5.74, 6) is 0.798. The fourth-order valence-corrected chi connectivity index (χ4v) is 3.08. The molecule has 24 heavy (non-hydrogen) atoms. The zero-order chi connectivity index (χ0) is 16.8. The normalized spacial score (nSPS) is 14.5. The van der Waals surface area contributed by atoms with Gasteiger partial charge in [0.2, 0.25) is 5.91 Å². The maximum Gasteiger partial charge on any atom is 0.228 e. The molecule has 0 unspecified atom stereocenters. The molecular formula is C20H24N2O2. The van der Waals surface area contributed by atoms with Gasteiger partial charge in [-0.25, -0.2) is 0 Å². The second-order valence-corrected chi connectivity index (χ2v) is 6.26. The summed E-state index contributed by atoms with van der Waals surface area (Å²) < 4.78 is 5.13. The van der Waals surface area contributed by atoms with Crippen molar-refractivity contribution in [2.45, 2.75) is 25.8 Å². The van der Waals surface area contributed by atoms with Gasteiger partial charge in [-0.2, -0.15) is 0 Å². The fraction of sp³-hybridized carbons (Fsp3) is 0.350. The largest absolute Gasteiger partial charge is 0.497 e. The average Bonchev–Trinajstić information content (AvgIpc) is 3.09. The monoisotopic (exact) mass is 324 g/mol. The van der Waals surface area contributed by atoms with E-state index in [1.807, 2.05) is 36.4 Å². The molecule has 1 aliphatic rings. The summed E-state index contributed by atoms with van der Waals surface area (Å²) >= 11 is 0. The molecule has 1 amide bonds. The topological polar surface area (TPSA) is 41.6 Å². The lowest BCUT2D eigenvalue weighted by Crippen LogP contribution is -2.19. The van der Waals surface area contributed by atoms with Crippen LogP contribution in [0.1, 0.15) is 24.0 Å². The van der Waals surface area contributed by atoms with E-state index in [2.05, 4.69) is 22.3 Å². The van der Waals surface area contributed by atoms with Crippen LogP contribution in [0.3, 0.4) is 0 Å². The van der Waals surface area contributed by atoms with E-state index in [-0.39, 0.29) is 5.91 Å². The van der Waals surface area contributed by atoms with E-state index in [0.29, 0.717) is 6.42 Å². The summed E-state index contributed by atoms with van der Waals surface area (Å²) in [6, 6.07) is 15.7. The zero-order valence-electron chi connectivity index (χ0n) is 14.1. The molecule has 4 heteroatoms. The van der Waals surface area contributed by atoms with Crippen LogP contribution in [0.2, 0.25) is 0 Å². The summed E-state index contributed by atoms with van der Waals surface area (Å²) in [6.45, 7) is 3.31. The molecule has 0 bridgehead atoms. The Morgan fingerprint density at radius 2 is 1.83 bits per heavy atom. The molecule has 4 nitrogen and oxygen atoms in total.